The molecule has 3 aliphatic rings. The van der Waals surface area contributed by atoms with Crippen LogP contribution in [-0.4, -0.2) is 4.89 Å². The molecule has 274 valence electrons. The molecule has 1 heterocycles. The summed E-state index contributed by atoms with van der Waals surface area (Å²) in [6.07, 6.45) is 7.97. The Morgan fingerprint density at radius 3 is 1.47 bits per heavy atom. The highest BCUT2D eigenvalue weighted by Gasteiger charge is 2.40. The molecular weight excluding hydrogens is 720 g/mol. The highest BCUT2D eigenvalue weighted by Crippen LogP contribution is 2.63. The van der Waals surface area contributed by atoms with Gasteiger partial charge in [0.05, 0.1) is 0 Å². The minimum Gasteiger partial charge on any atom is -0.394 e. The molecule has 2 aliphatic carbocycles. The van der Waals surface area contributed by atoms with Crippen LogP contribution < -0.4 is 9.05 Å². The number of aryl methyl sites for hydroxylation is 2. The molecule has 0 radical (unpaired) electrons. The quantitative estimate of drug-likeness (QED) is 0.141. The SMILES string of the molecule is O=P1(O)Oc2c(-c3ccc4ccc5cccc6ccc3c4c56)cc3c(c2-c2c4c(cc(-c5cc6cccc7ccc8cccc5c8c76)c2O1)CCCC4)CCCC3. The fraction of sp³-hybridized carbons (Fsp3) is 0.154. The summed E-state index contributed by atoms with van der Waals surface area (Å²) in [7, 11) is -4.70. The number of hydrogen-bond donors (Lipinski definition) is 1. The molecule has 1 atom stereocenters. The molecule has 10 aromatic rings. The normalized spacial score (nSPS) is 17.8. The molecule has 0 aromatic heterocycles. The van der Waals surface area contributed by atoms with E-state index >= 15 is 0 Å². The van der Waals surface area contributed by atoms with Crippen molar-refractivity contribution in [3.63, 3.8) is 0 Å². The molecular formula is C52H37O4P. The molecule has 57 heavy (non-hydrogen) atoms. The topological polar surface area (TPSA) is 55.8 Å². The van der Waals surface area contributed by atoms with E-state index in [1.54, 1.807) is 0 Å². The van der Waals surface area contributed by atoms with Gasteiger partial charge in [0.15, 0.2) is 0 Å². The second-order valence-electron chi connectivity index (χ2n) is 16.5. The van der Waals surface area contributed by atoms with Gasteiger partial charge in [0.1, 0.15) is 11.5 Å². The number of hydrogen-bond acceptors (Lipinski definition) is 3. The van der Waals surface area contributed by atoms with E-state index in [1.165, 1.54) is 70.7 Å². The van der Waals surface area contributed by atoms with Crippen molar-refractivity contribution < 1.29 is 18.5 Å². The van der Waals surface area contributed by atoms with Crippen LogP contribution in [0.5, 0.6) is 11.5 Å². The maximum absolute atomic E-state index is 14.7. The first-order chi connectivity index (χ1) is 28.0. The summed E-state index contributed by atoms with van der Waals surface area (Å²) in [5.74, 6) is 0.936. The van der Waals surface area contributed by atoms with Crippen molar-refractivity contribution in [3.8, 4) is 44.9 Å². The zero-order valence-electron chi connectivity index (χ0n) is 31.3. The Hall–Kier alpha value is -5.93. The zero-order valence-corrected chi connectivity index (χ0v) is 32.2. The third-order valence-electron chi connectivity index (χ3n) is 13.5. The van der Waals surface area contributed by atoms with Crippen molar-refractivity contribution in [2.45, 2.75) is 51.4 Å². The number of rotatable bonds is 2. The zero-order chi connectivity index (χ0) is 37.6. The average Bonchev–Trinajstić information content (AvgIpc) is 3.37. The van der Waals surface area contributed by atoms with Gasteiger partial charge in [0, 0.05) is 22.3 Å². The molecule has 4 nitrogen and oxygen atoms in total. The lowest BCUT2D eigenvalue weighted by atomic mass is 9.76. The van der Waals surface area contributed by atoms with Crippen molar-refractivity contribution in [2.24, 2.45) is 0 Å². The monoisotopic (exact) mass is 756 g/mol. The number of phosphoric acid groups is 1. The van der Waals surface area contributed by atoms with Gasteiger partial charge in [-0.2, -0.15) is 0 Å². The van der Waals surface area contributed by atoms with Crippen LogP contribution in [0.3, 0.4) is 0 Å². The molecule has 10 aromatic carbocycles. The molecule has 1 N–H and O–H groups in total. The van der Waals surface area contributed by atoms with Crippen molar-refractivity contribution in [3.05, 3.63) is 144 Å². The summed E-state index contributed by atoms with van der Waals surface area (Å²) < 4.78 is 27.8. The number of fused-ring (bicyclic) bond motifs is 7. The van der Waals surface area contributed by atoms with Crippen LogP contribution in [0.4, 0.5) is 0 Å². The van der Waals surface area contributed by atoms with Crippen molar-refractivity contribution in [1.29, 1.82) is 0 Å². The Bertz CT molecular complexity index is 3400. The summed E-state index contributed by atoms with van der Waals surface area (Å²) in [6, 6.07) is 43.9. The smallest absolute Gasteiger partial charge is 0.394 e. The van der Waals surface area contributed by atoms with Gasteiger partial charge in [-0.15, -0.1) is 0 Å². The minimum absolute atomic E-state index is 0.468. The molecule has 0 amide bonds. The largest absolute Gasteiger partial charge is 0.584 e. The fourth-order valence-corrected chi connectivity index (χ4v) is 12.0. The van der Waals surface area contributed by atoms with Gasteiger partial charge in [-0.05, 0) is 168 Å². The third-order valence-corrected chi connectivity index (χ3v) is 14.3. The van der Waals surface area contributed by atoms with E-state index in [2.05, 4.69) is 121 Å². The Morgan fingerprint density at radius 1 is 0.421 bits per heavy atom. The van der Waals surface area contributed by atoms with Gasteiger partial charge in [-0.1, -0.05) is 103 Å². The van der Waals surface area contributed by atoms with E-state index in [-0.39, 0.29) is 0 Å². The highest BCUT2D eigenvalue weighted by molar-refractivity contribution is 7.48. The van der Waals surface area contributed by atoms with Crippen LogP contribution in [0.1, 0.15) is 47.9 Å². The van der Waals surface area contributed by atoms with E-state index in [1.807, 2.05) is 0 Å². The fourth-order valence-electron chi connectivity index (χ4n) is 11.1. The van der Waals surface area contributed by atoms with Crippen molar-refractivity contribution in [1.82, 2.24) is 0 Å². The Kier molecular flexibility index (Phi) is 6.53. The molecule has 0 spiro atoms. The summed E-state index contributed by atoms with van der Waals surface area (Å²) in [6.45, 7) is 0. The Morgan fingerprint density at radius 2 is 0.860 bits per heavy atom. The lowest BCUT2D eigenvalue weighted by Crippen LogP contribution is -2.10. The van der Waals surface area contributed by atoms with E-state index in [4.69, 9.17) is 9.05 Å². The van der Waals surface area contributed by atoms with Gasteiger partial charge >= 0.3 is 7.82 Å². The van der Waals surface area contributed by atoms with Gasteiger partial charge < -0.3 is 9.05 Å². The maximum atomic E-state index is 14.7. The van der Waals surface area contributed by atoms with Crippen LogP contribution in [0.15, 0.2) is 121 Å². The van der Waals surface area contributed by atoms with E-state index in [9.17, 15) is 9.46 Å². The predicted molar refractivity (Wildman–Crippen MR) is 235 cm³/mol. The first kappa shape index (κ1) is 32.2. The molecule has 0 saturated carbocycles. The van der Waals surface area contributed by atoms with Gasteiger partial charge in [-0.25, -0.2) is 4.57 Å². The van der Waals surface area contributed by atoms with Crippen molar-refractivity contribution in [2.75, 3.05) is 0 Å². The average molecular weight is 757 g/mol. The summed E-state index contributed by atoms with van der Waals surface area (Å²) >= 11 is 0. The maximum Gasteiger partial charge on any atom is 0.584 e. The van der Waals surface area contributed by atoms with Crippen LogP contribution in [0.2, 0.25) is 0 Å². The van der Waals surface area contributed by atoms with Crippen LogP contribution in [0.25, 0.3) is 98.0 Å². The van der Waals surface area contributed by atoms with Crippen LogP contribution in [-0.2, 0) is 30.2 Å². The molecule has 0 bridgehead atoms. The molecule has 13 rings (SSSR count). The Labute approximate surface area is 329 Å². The summed E-state index contributed by atoms with van der Waals surface area (Å²) in [4.78, 5) is 12.0. The second-order valence-corrected chi connectivity index (χ2v) is 17.8. The van der Waals surface area contributed by atoms with Gasteiger partial charge in [0.2, 0.25) is 0 Å². The summed E-state index contributed by atoms with van der Waals surface area (Å²) in [5.41, 5.74) is 10.7. The molecule has 5 heteroatoms. The van der Waals surface area contributed by atoms with Gasteiger partial charge in [-0.3, -0.25) is 4.89 Å². The third kappa shape index (κ3) is 4.52. The molecule has 1 unspecified atom stereocenters. The first-order valence-corrected chi connectivity index (χ1v) is 21.9. The Balaban J connectivity index is 1.17. The van der Waals surface area contributed by atoms with E-state index in [0.29, 0.717) is 11.5 Å². The summed E-state index contributed by atoms with van der Waals surface area (Å²) in [5, 5.41) is 14.2. The first-order valence-electron chi connectivity index (χ1n) is 20.4. The molecule has 0 fully saturated rings. The van der Waals surface area contributed by atoms with Crippen molar-refractivity contribution >= 4 is 72.5 Å². The minimum atomic E-state index is -4.70. The predicted octanol–water partition coefficient (Wildman–Crippen LogP) is 14.1. The van der Waals surface area contributed by atoms with E-state index < -0.39 is 7.82 Å². The highest BCUT2D eigenvalue weighted by atomic mass is 31.2. The standard InChI is InChI=1S/C52H37O4P/c53-57(54)55-51-43(39-24-22-33-21-19-29-10-5-11-31-23-25-41(39)48(33)45(29)31)26-34-8-1-3-15-37(34)49(51)50-38-16-4-2-9-35(38)27-44(52(50)56-57)42-28-36-14-6-12-30-18-20-32-13-7-17-40(42)47(32)46(30)36/h5-7,10-14,17-28H,1-4,8-9,15-16H2,(H,53,54). The number of benzene rings is 10. The van der Waals surface area contributed by atoms with Gasteiger partial charge in [0.25, 0.3) is 0 Å². The molecule has 1 aliphatic heterocycles. The van der Waals surface area contributed by atoms with Crippen LogP contribution >= 0.6 is 7.82 Å². The number of phosphoric ester groups is 1. The van der Waals surface area contributed by atoms with E-state index in [0.717, 1.165) is 101 Å². The lowest BCUT2D eigenvalue weighted by Gasteiger charge is -2.28. The molecule has 0 saturated heterocycles. The second kappa shape index (κ2) is 11.6. The lowest BCUT2D eigenvalue weighted by molar-refractivity contribution is 0.295. The van der Waals surface area contributed by atoms with Crippen LogP contribution in [0, 0.1) is 0 Å².